The van der Waals surface area contributed by atoms with Gasteiger partial charge in [-0.3, -0.25) is 0 Å². The largest absolute Gasteiger partial charge is 0.203 e. The summed E-state index contributed by atoms with van der Waals surface area (Å²) in [5.41, 5.74) is 0.365. The highest BCUT2D eigenvalue weighted by atomic mass is 19.2. The van der Waals surface area contributed by atoms with Crippen LogP contribution in [0.4, 0.5) is 17.6 Å². The van der Waals surface area contributed by atoms with E-state index in [4.69, 9.17) is 0 Å². The minimum Gasteiger partial charge on any atom is -0.203 e. The van der Waals surface area contributed by atoms with Gasteiger partial charge in [0.15, 0.2) is 23.3 Å². The van der Waals surface area contributed by atoms with E-state index in [1.807, 2.05) is 19.1 Å². The van der Waals surface area contributed by atoms with Gasteiger partial charge in [0, 0.05) is 0 Å². The zero-order chi connectivity index (χ0) is 25.7. The minimum atomic E-state index is -1.06. The first kappa shape index (κ1) is 26.3. The lowest BCUT2D eigenvalue weighted by molar-refractivity contribution is 0.132. The SMILES string of the molecule is C/C=C/CCc1ccc(C#Cc2ccc(C3CCC4CC(/C=C/C)CCC4C3)c(F)c2F)c(F)c1F. The van der Waals surface area contributed by atoms with Gasteiger partial charge in [-0.2, -0.15) is 0 Å². The van der Waals surface area contributed by atoms with Crippen molar-refractivity contribution in [2.24, 2.45) is 17.8 Å². The Kier molecular flexibility index (Phi) is 8.72. The maximum Gasteiger partial charge on any atom is 0.174 e. The lowest BCUT2D eigenvalue weighted by Crippen LogP contribution is -2.30. The molecule has 2 aromatic carbocycles. The zero-order valence-corrected chi connectivity index (χ0v) is 21.1. The molecule has 0 radical (unpaired) electrons. The van der Waals surface area contributed by atoms with E-state index in [9.17, 15) is 13.2 Å². The third-order valence-corrected chi connectivity index (χ3v) is 7.98. The number of halogens is 4. The molecule has 0 aliphatic heterocycles. The van der Waals surface area contributed by atoms with Crippen LogP contribution < -0.4 is 0 Å². The van der Waals surface area contributed by atoms with Crippen molar-refractivity contribution in [1.82, 2.24) is 0 Å². The van der Waals surface area contributed by atoms with Gasteiger partial charge < -0.3 is 0 Å². The summed E-state index contributed by atoms with van der Waals surface area (Å²) in [5, 5.41) is 0. The van der Waals surface area contributed by atoms with Crippen molar-refractivity contribution in [2.45, 2.75) is 71.1 Å². The van der Waals surface area contributed by atoms with Crippen molar-refractivity contribution in [2.75, 3.05) is 0 Å². The number of aryl methyl sites for hydroxylation is 1. The van der Waals surface area contributed by atoms with E-state index in [0.29, 0.717) is 36.2 Å². The van der Waals surface area contributed by atoms with Crippen LogP contribution in [0.1, 0.15) is 87.0 Å². The highest BCUT2D eigenvalue weighted by molar-refractivity contribution is 5.46. The van der Waals surface area contributed by atoms with Crippen LogP contribution in [0.25, 0.3) is 0 Å². The average Bonchev–Trinajstić information content (AvgIpc) is 2.88. The first-order valence-corrected chi connectivity index (χ1v) is 13.1. The average molecular weight is 495 g/mol. The molecule has 190 valence electrons. The van der Waals surface area contributed by atoms with Gasteiger partial charge >= 0.3 is 0 Å². The smallest absolute Gasteiger partial charge is 0.174 e. The summed E-state index contributed by atoms with van der Waals surface area (Å²) >= 11 is 0. The first-order valence-electron chi connectivity index (χ1n) is 13.1. The highest BCUT2D eigenvalue weighted by Crippen LogP contribution is 2.48. The molecule has 0 heterocycles. The quantitative estimate of drug-likeness (QED) is 0.221. The topological polar surface area (TPSA) is 0 Å². The third-order valence-electron chi connectivity index (χ3n) is 7.98. The van der Waals surface area contributed by atoms with E-state index in [0.717, 1.165) is 32.1 Å². The molecule has 2 saturated carbocycles. The lowest BCUT2D eigenvalue weighted by atomic mass is 9.64. The van der Waals surface area contributed by atoms with E-state index in [2.05, 4.69) is 30.9 Å². The Morgan fingerprint density at radius 2 is 1.42 bits per heavy atom. The fourth-order valence-electron chi connectivity index (χ4n) is 6.05. The monoisotopic (exact) mass is 494 g/mol. The molecule has 2 aromatic rings. The van der Waals surface area contributed by atoms with Crippen LogP contribution in [0, 0.1) is 52.9 Å². The summed E-state index contributed by atoms with van der Waals surface area (Å²) in [7, 11) is 0. The van der Waals surface area contributed by atoms with Gasteiger partial charge in [0.1, 0.15) is 0 Å². The molecule has 0 amide bonds. The van der Waals surface area contributed by atoms with Gasteiger partial charge in [-0.05, 0) is 112 Å². The van der Waals surface area contributed by atoms with Crippen LogP contribution in [0.15, 0.2) is 48.6 Å². The van der Waals surface area contributed by atoms with Gasteiger partial charge in [0.05, 0.1) is 11.1 Å². The Morgan fingerprint density at radius 3 is 2.14 bits per heavy atom. The first-order chi connectivity index (χ1) is 17.4. The fraction of sp³-hybridized carbons (Fsp3) is 0.438. The van der Waals surface area contributed by atoms with Crippen molar-refractivity contribution in [3.05, 3.63) is 94.1 Å². The van der Waals surface area contributed by atoms with Gasteiger partial charge in [-0.25, -0.2) is 17.6 Å². The number of benzene rings is 2. The molecular formula is C32H34F4. The van der Waals surface area contributed by atoms with Crippen molar-refractivity contribution < 1.29 is 17.6 Å². The number of hydrogen-bond donors (Lipinski definition) is 0. The van der Waals surface area contributed by atoms with Crippen LogP contribution in [0.2, 0.25) is 0 Å². The second-order valence-corrected chi connectivity index (χ2v) is 10.2. The second kappa shape index (κ2) is 12.0. The Morgan fingerprint density at radius 1 is 0.750 bits per heavy atom. The molecule has 2 aliphatic carbocycles. The summed E-state index contributed by atoms with van der Waals surface area (Å²) in [6.07, 6.45) is 15.4. The second-order valence-electron chi connectivity index (χ2n) is 10.2. The maximum atomic E-state index is 15.1. The van der Waals surface area contributed by atoms with E-state index in [-0.39, 0.29) is 22.6 Å². The third kappa shape index (κ3) is 5.77. The Balaban J connectivity index is 1.48. The van der Waals surface area contributed by atoms with E-state index in [1.54, 1.807) is 6.07 Å². The molecule has 0 saturated heterocycles. The summed E-state index contributed by atoms with van der Waals surface area (Å²) in [6.45, 7) is 3.93. The number of hydrogen-bond acceptors (Lipinski definition) is 0. The van der Waals surface area contributed by atoms with Gasteiger partial charge in [-0.15, -0.1) is 0 Å². The molecule has 36 heavy (non-hydrogen) atoms. The molecule has 4 atom stereocenters. The van der Waals surface area contributed by atoms with Crippen LogP contribution in [0.3, 0.4) is 0 Å². The summed E-state index contributed by atoms with van der Waals surface area (Å²) < 4.78 is 58.9. The molecule has 0 spiro atoms. The van der Waals surface area contributed by atoms with Gasteiger partial charge in [0.25, 0.3) is 0 Å². The summed E-state index contributed by atoms with van der Waals surface area (Å²) in [6, 6.07) is 5.98. The zero-order valence-electron chi connectivity index (χ0n) is 21.1. The van der Waals surface area contributed by atoms with E-state index < -0.39 is 23.3 Å². The van der Waals surface area contributed by atoms with Crippen molar-refractivity contribution in [3.8, 4) is 11.8 Å². The predicted octanol–water partition coefficient (Wildman–Crippen LogP) is 9.03. The van der Waals surface area contributed by atoms with Crippen molar-refractivity contribution >= 4 is 0 Å². The van der Waals surface area contributed by atoms with Crippen LogP contribution >= 0.6 is 0 Å². The number of allylic oxidation sites excluding steroid dienone is 4. The van der Waals surface area contributed by atoms with Crippen molar-refractivity contribution in [3.63, 3.8) is 0 Å². The van der Waals surface area contributed by atoms with Crippen molar-refractivity contribution in [1.29, 1.82) is 0 Å². The lowest BCUT2D eigenvalue weighted by Gasteiger charge is -2.41. The molecule has 0 aromatic heterocycles. The highest BCUT2D eigenvalue weighted by Gasteiger charge is 2.36. The Hall–Kier alpha value is -2.80. The normalized spacial score (nSPS) is 24.1. The van der Waals surface area contributed by atoms with Gasteiger partial charge in [-0.1, -0.05) is 48.3 Å². The summed E-state index contributed by atoms with van der Waals surface area (Å²) in [4.78, 5) is 0. The number of rotatable bonds is 5. The molecule has 0 nitrogen and oxygen atoms in total. The molecule has 0 N–H and O–H groups in total. The minimum absolute atomic E-state index is 0.00247. The molecular weight excluding hydrogens is 460 g/mol. The summed E-state index contributed by atoms with van der Waals surface area (Å²) in [5.74, 6) is 3.01. The fourth-order valence-corrected chi connectivity index (χ4v) is 6.05. The Labute approximate surface area is 212 Å². The number of fused-ring (bicyclic) bond motifs is 1. The molecule has 0 bridgehead atoms. The Bertz CT molecular complexity index is 1200. The van der Waals surface area contributed by atoms with Crippen LogP contribution in [-0.4, -0.2) is 0 Å². The van der Waals surface area contributed by atoms with Crippen LogP contribution in [-0.2, 0) is 6.42 Å². The molecule has 4 rings (SSSR count). The molecule has 4 heteroatoms. The predicted molar refractivity (Wildman–Crippen MR) is 138 cm³/mol. The molecule has 4 unspecified atom stereocenters. The van der Waals surface area contributed by atoms with E-state index in [1.165, 1.54) is 24.6 Å². The van der Waals surface area contributed by atoms with E-state index >= 15 is 4.39 Å². The van der Waals surface area contributed by atoms with Crippen LogP contribution in [0.5, 0.6) is 0 Å². The maximum absolute atomic E-state index is 15.1. The molecule has 2 aliphatic rings. The standard InChI is InChI=1S/C32H34F4/c1-3-5-6-8-22-11-12-23(30(34)29(22)33)13-14-24-17-18-28(32(36)31(24)35)27-16-15-25-19-21(7-4-2)9-10-26(25)20-27/h3-5,7,11-12,17-18,21,25-27H,6,8-10,15-16,19-20H2,1-2H3/b5-3+,7-4+. The molecule has 2 fully saturated rings. The van der Waals surface area contributed by atoms with Gasteiger partial charge in [0.2, 0.25) is 0 Å².